The van der Waals surface area contributed by atoms with E-state index in [1.165, 1.54) is 0 Å². The molecule has 2 aromatic rings. The number of amides is 2. The molecule has 0 radical (unpaired) electrons. The minimum absolute atomic E-state index is 0.0557. The topological polar surface area (TPSA) is 64.4 Å². The molecule has 0 N–H and O–H groups in total. The zero-order valence-corrected chi connectivity index (χ0v) is 14.1. The largest absolute Gasteiger partial charge is 0.327 e. The Bertz CT molecular complexity index is 826. The van der Waals surface area contributed by atoms with Crippen LogP contribution in [0.4, 0.5) is 0 Å². The lowest BCUT2D eigenvalue weighted by atomic mass is 10.1. The molecule has 126 valence electrons. The molecular weight excluding hydrogens is 314 g/mol. The first kappa shape index (κ1) is 16.7. The van der Waals surface area contributed by atoms with E-state index in [4.69, 9.17) is 5.26 Å². The van der Waals surface area contributed by atoms with Crippen LogP contribution >= 0.6 is 0 Å². The van der Waals surface area contributed by atoms with Crippen molar-refractivity contribution in [1.29, 1.82) is 5.26 Å². The van der Waals surface area contributed by atoms with Gasteiger partial charge in [0.05, 0.1) is 11.6 Å². The second-order valence-electron chi connectivity index (χ2n) is 6.19. The van der Waals surface area contributed by atoms with Crippen molar-refractivity contribution in [3.05, 3.63) is 71.3 Å². The molecule has 5 heteroatoms. The van der Waals surface area contributed by atoms with Gasteiger partial charge in [0.2, 0.25) is 11.8 Å². The number of nitriles is 1. The Morgan fingerprint density at radius 3 is 2.48 bits per heavy atom. The number of carbonyl (C=O) groups is 2. The molecule has 1 aliphatic heterocycles. The molecule has 0 bridgehead atoms. The minimum atomic E-state index is -0.518. The van der Waals surface area contributed by atoms with Crippen LogP contribution in [0.3, 0.4) is 0 Å². The van der Waals surface area contributed by atoms with Gasteiger partial charge in [-0.15, -0.1) is 0 Å². The lowest BCUT2D eigenvalue weighted by molar-refractivity contribution is -0.156. The van der Waals surface area contributed by atoms with Gasteiger partial charge in [-0.3, -0.25) is 9.59 Å². The van der Waals surface area contributed by atoms with E-state index in [0.29, 0.717) is 18.7 Å². The molecule has 1 heterocycles. The summed E-state index contributed by atoms with van der Waals surface area (Å²) in [5, 5.41) is 9.00. The molecule has 5 nitrogen and oxygen atoms in total. The molecule has 0 aliphatic carbocycles. The van der Waals surface area contributed by atoms with Gasteiger partial charge in [-0.1, -0.05) is 42.5 Å². The standard InChI is InChI=1S/C20H19N3O2/c1-15-20(25)22(12-16-6-3-2-4-7-16)14-19(24)23(15)13-18-9-5-8-17(10-18)11-21/h2-10,15H,12-14H2,1H3/t15-/m1/s1. The van der Waals surface area contributed by atoms with Crippen molar-refractivity contribution in [3.63, 3.8) is 0 Å². The molecule has 1 saturated heterocycles. The molecule has 2 amide bonds. The Morgan fingerprint density at radius 1 is 1.04 bits per heavy atom. The Labute approximate surface area is 147 Å². The third-order valence-electron chi connectivity index (χ3n) is 4.41. The fourth-order valence-corrected chi connectivity index (χ4v) is 3.04. The second kappa shape index (κ2) is 7.18. The molecule has 0 spiro atoms. The van der Waals surface area contributed by atoms with E-state index in [9.17, 15) is 9.59 Å². The van der Waals surface area contributed by atoms with Gasteiger partial charge in [0.25, 0.3) is 0 Å². The van der Waals surface area contributed by atoms with Crippen LogP contribution in [0.2, 0.25) is 0 Å². The maximum atomic E-state index is 12.7. The number of piperazine rings is 1. The van der Waals surface area contributed by atoms with Gasteiger partial charge in [-0.05, 0) is 30.2 Å². The molecule has 25 heavy (non-hydrogen) atoms. The Morgan fingerprint density at radius 2 is 1.76 bits per heavy atom. The lowest BCUT2D eigenvalue weighted by Crippen LogP contribution is -2.57. The van der Waals surface area contributed by atoms with Crippen LogP contribution in [0.5, 0.6) is 0 Å². The van der Waals surface area contributed by atoms with Crippen LogP contribution in [0.1, 0.15) is 23.6 Å². The van der Waals surface area contributed by atoms with Crippen molar-refractivity contribution in [2.45, 2.75) is 26.1 Å². The zero-order valence-electron chi connectivity index (χ0n) is 14.1. The van der Waals surface area contributed by atoms with Crippen LogP contribution in [-0.2, 0) is 22.7 Å². The molecule has 0 aromatic heterocycles. The average Bonchev–Trinajstić information content (AvgIpc) is 2.64. The van der Waals surface area contributed by atoms with Gasteiger partial charge in [-0.2, -0.15) is 5.26 Å². The number of hydrogen-bond donors (Lipinski definition) is 0. The van der Waals surface area contributed by atoms with Crippen molar-refractivity contribution in [3.8, 4) is 6.07 Å². The first-order valence-corrected chi connectivity index (χ1v) is 8.19. The minimum Gasteiger partial charge on any atom is -0.327 e. The van der Waals surface area contributed by atoms with Crippen LogP contribution in [0, 0.1) is 11.3 Å². The quantitative estimate of drug-likeness (QED) is 0.862. The summed E-state index contributed by atoms with van der Waals surface area (Å²) in [4.78, 5) is 28.4. The normalized spacial score (nSPS) is 17.5. The molecule has 0 unspecified atom stereocenters. The summed E-state index contributed by atoms with van der Waals surface area (Å²) in [5.41, 5.74) is 2.40. The van der Waals surface area contributed by atoms with Crippen LogP contribution < -0.4 is 0 Å². The first-order chi connectivity index (χ1) is 12.1. The number of benzene rings is 2. The van der Waals surface area contributed by atoms with E-state index in [-0.39, 0.29) is 18.4 Å². The highest BCUT2D eigenvalue weighted by Crippen LogP contribution is 2.18. The van der Waals surface area contributed by atoms with E-state index in [2.05, 4.69) is 6.07 Å². The summed E-state index contributed by atoms with van der Waals surface area (Å²) in [7, 11) is 0. The van der Waals surface area contributed by atoms with Crippen LogP contribution in [0.15, 0.2) is 54.6 Å². The highest BCUT2D eigenvalue weighted by atomic mass is 16.2. The second-order valence-corrected chi connectivity index (χ2v) is 6.19. The van der Waals surface area contributed by atoms with E-state index in [0.717, 1.165) is 11.1 Å². The fourth-order valence-electron chi connectivity index (χ4n) is 3.04. The van der Waals surface area contributed by atoms with Crippen molar-refractivity contribution in [2.24, 2.45) is 0 Å². The van der Waals surface area contributed by atoms with E-state index in [1.807, 2.05) is 36.4 Å². The highest BCUT2D eigenvalue weighted by Gasteiger charge is 2.36. The van der Waals surface area contributed by atoms with E-state index < -0.39 is 6.04 Å². The van der Waals surface area contributed by atoms with Gasteiger partial charge in [-0.25, -0.2) is 0 Å². The molecule has 0 saturated carbocycles. The summed E-state index contributed by atoms with van der Waals surface area (Å²) in [6.45, 7) is 2.61. The van der Waals surface area contributed by atoms with E-state index >= 15 is 0 Å². The van der Waals surface area contributed by atoms with Gasteiger partial charge >= 0.3 is 0 Å². The summed E-state index contributed by atoms with van der Waals surface area (Å²) in [6.07, 6.45) is 0. The van der Waals surface area contributed by atoms with Gasteiger partial charge in [0.15, 0.2) is 0 Å². The molecular formula is C20H19N3O2. The third-order valence-corrected chi connectivity index (χ3v) is 4.41. The maximum Gasteiger partial charge on any atom is 0.245 e. The zero-order chi connectivity index (χ0) is 17.8. The number of rotatable bonds is 4. The fraction of sp³-hybridized carbons (Fsp3) is 0.250. The third kappa shape index (κ3) is 3.69. The first-order valence-electron chi connectivity index (χ1n) is 8.19. The Kier molecular flexibility index (Phi) is 4.80. The van der Waals surface area contributed by atoms with Crippen molar-refractivity contribution in [1.82, 2.24) is 9.80 Å². The van der Waals surface area contributed by atoms with Crippen molar-refractivity contribution < 1.29 is 9.59 Å². The smallest absolute Gasteiger partial charge is 0.245 e. The van der Waals surface area contributed by atoms with Gasteiger partial charge in [0, 0.05) is 13.1 Å². The summed E-state index contributed by atoms with van der Waals surface area (Å²) in [6, 6.07) is 18.4. The van der Waals surface area contributed by atoms with Gasteiger partial charge in [0.1, 0.15) is 12.6 Å². The highest BCUT2D eigenvalue weighted by molar-refractivity contribution is 5.94. The molecule has 1 fully saturated rings. The van der Waals surface area contributed by atoms with Crippen molar-refractivity contribution in [2.75, 3.05) is 6.54 Å². The number of carbonyl (C=O) groups excluding carboxylic acids is 2. The molecule has 1 aliphatic rings. The summed E-state index contributed by atoms with van der Waals surface area (Å²) >= 11 is 0. The maximum absolute atomic E-state index is 12.7. The number of hydrogen-bond acceptors (Lipinski definition) is 3. The lowest BCUT2D eigenvalue weighted by Gasteiger charge is -2.38. The molecule has 2 aromatic carbocycles. The number of nitrogens with zero attached hydrogens (tertiary/aromatic N) is 3. The Balaban J connectivity index is 1.73. The average molecular weight is 333 g/mol. The van der Waals surface area contributed by atoms with Crippen LogP contribution in [-0.4, -0.2) is 34.2 Å². The van der Waals surface area contributed by atoms with E-state index in [1.54, 1.807) is 34.9 Å². The summed E-state index contributed by atoms with van der Waals surface area (Å²) in [5.74, 6) is -0.134. The monoisotopic (exact) mass is 333 g/mol. The SMILES string of the molecule is C[C@@H]1C(=O)N(Cc2ccccc2)CC(=O)N1Cc1cccc(C#N)c1. The molecule has 1 atom stereocenters. The Hall–Kier alpha value is -3.13. The van der Waals surface area contributed by atoms with Gasteiger partial charge < -0.3 is 9.80 Å². The predicted molar refractivity (Wildman–Crippen MR) is 93.0 cm³/mol. The predicted octanol–water partition coefficient (Wildman–Crippen LogP) is 2.32. The molecule has 3 rings (SSSR count). The van der Waals surface area contributed by atoms with Crippen LogP contribution in [0.25, 0.3) is 0 Å². The summed E-state index contributed by atoms with van der Waals surface area (Å²) < 4.78 is 0. The van der Waals surface area contributed by atoms with Crippen molar-refractivity contribution >= 4 is 11.8 Å².